The van der Waals surface area contributed by atoms with Crippen LogP contribution in [-0.2, 0) is 6.54 Å². The predicted octanol–water partition coefficient (Wildman–Crippen LogP) is 1.32. The molecular weight excluding hydrogens is 214 g/mol. The number of hydrogen-bond acceptors (Lipinski definition) is 3. The molecule has 1 aromatic heterocycles. The van der Waals surface area contributed by atoms with Crippen molar-refractivity contribution >= 4 is 5.91 Å². The van der Waals surface area contributed by atoms with Crippen LogP contribution in [0.4, 0.5) is 0 Å². The summed E-state index contributed by atoms with van der Waals surface area (Å²) >= 11 is 0. The van der Waals surface area contributed by atoms with Gasteiger partial charge < -0.3 is 11.1 Å². The summed E-state index contributed by atoms with van der Waals surface area (Å²) in [4.78, 5) is 15.9. The Balaban J connectivity index is 1.85. The Morgan fingerprint density at radius 3 is 2.88 bits per heavy atom. The summed E-state index contributed by atoms with van der Waals surface area (Å²) in [6.45, 7) is 3.38. The molecule has 0 aromatic carbocycles. The number of amides is 1. The Labute approximate surface area is 102 Å². The maximum absolute atomic E-state index is 11.8. The van der Waals surface area contributed by atoms with Crippen molar-refractivity contribution in [3.05, 3.63) is 29.6 Å². The van der Waals surface area contributed by atoms with Gasteiger partial charge in [-0.3, -0.25) is 9.78 Å². The lowest BCUT2D eigenvalue weighted by Crippen LogP contribution is -2.29. The Hall–Kier alpha value is -1.42. The number of nitrogens with two attached hydrogens (primary N) is 1. The molecular formula is C13H19N3O. The second-order valence-electron chi connectivity index (χ2n) is 4.78. The summed E-state index contributed by atoms with van der Waals surface area (Å²) in [5.74, 6) is 1.28. The zero-order chi connectivity index (χ0) is 12.3. The molecule has 92 valence electrons. The van der Waals surface area contributed by atoms with E-state index >= 15 is 0 Å². The van der Waals surface area contributed by atoms with Gasteiger partial charge in [0.2, 0.25) is 0 Å². The van der Waals surface area contributed by atoms with E-state index < -0.39 is 0 Å². The Bertz CT molecular complexity index is 384. The van der Waals surface area contributed by atoms with Crippen LogP contribution < -0.4 is 11.1 Å². The third-order valence-electron chi connectivity index (χ3n) is 3.30. The third kappa shape index (κ3) is 3.27. The Morgan fingerprint density at radius 2 is 2.35 bits per heavy atom. The highest BCUT2D eigenvalue weighted by atomic mass is 16.1. The van der Waals surface area contributed by atoms with Gasteiger partial charge in [0.25, 0.3) is 5.91 Å². The summed E-state index contributed by atoms with van der Waals surface area (Å²) in [6.07, 6.45) is 4.26. The molecule has 1 saturated carbocycles. The van der Waals surface area contributed by atoms with Gasteiger partial charge in [-0.1, -0.05) is 13.0 Å². The molecule has 1 aromatic rings. The molecule has 0 spiro atoms. The van der Waals surface area contributed by atoms with Gasteiger partial charge in [-0.2, -0.15) is 0 Å². The topological polar surface area (TPSA) is 68.0 Å². The molecule has 0 saturated heterocycles. The fourth-order valence-electron chi connectivity index (χ4n) is 1.86. The highest BCUT2D eigenvalue weighted by Gasteiger charge is 2.27. The lowest BCUT2D eigenvalue weighted by molar-refractivity contribution is 0.0941. The van der Waals surface area contributed by atoms with Crippen molar-refractivity contribution in [2.24, 2.45) is 17.6 Å². The molecule has 17 heavy (non-hydrogen) atoms. The minimum absolute atomic E-state index is 0.0962. The second-order valence-corrected chi connectivity index (χ2v) is 4.78. The average Bonchev–Trinajstić information content (AvgIpc) is 3.20. The zero-order valence-electron chi connectivity index (χ0n) is 10.1. The fourth-order valence-corrected chi connectivity index (χ4v) is 1.86. The minimum Gasteiger partial charge on any atom is -0.350 e. The predicted molar refractivity (Wildman–Crippen MR) is 66.3 cm³/mol. The highest BCUT2D eigenvalue weighted by Crippen LogP contribution is 2.36. The lowest BCUT2D eigenvalue weighted by Gasteiger charge is -2.11. The number of hydrogen-bond donors (Lipinski definition) is 2. The molecule has 1 atom stereocenters. The van der Waals surface area contributed by atoms with Crippen LogP contribution in [-0.4, -0.2) is 17.4 Å². The number of nitrogens with one attached hydrogen (secondary N) is 1. The monoisotopic (exact) mass is 233 g/mol. The van der Waals surface area contributed by atoms with Crippen molar-refractivity contribution in [1.82, 2.24) is 10.3 Å². The van der Waals surface area contributed by atoms with Crippen molar-refractivity contribution < 1.29 is 4.79 Å². The van der Waals surface area contributed by atoms with Crippen LogP contribution in [0.25, 0.3) is 0 Å². The first-order valence-corrected chi connectivity index (χ1v) is 6.14. The standard InChI is InChI=1S/C13H19N3O/c1-9(11-3-4-11)7-16-13(17)12-5-2-10(6-14)8-15-12/h2,5,8-9,11H,3-4,6-7,14H2,1H3,(H,16,17). The van der Waals surface area contributed by atoms with Crippen LogP contribution in [0.3, 0.4) is 0 Å². The molecule has 1 aliphatic rings. The van der Waals surface area contributed by atoms with E-state index in [9.17, 15) is 4.79 Å². The first kappa shape index (κ1) is 12.0. The number of pyridine rings is 1. The van der Waals surface area contributed by atoms with Crippen molar-refractivity contribution in [3.63, 3.8) is 0 Å². The van der Waals surface area contributed by atoms with Gasteiger partial charge in [0.1, 0.15) is 5.69 Å². The second kappa shape index (κ2) is 5.27. The molecule has 3 N–H and O–H groups in total. The zero-order valence-corrected chi connectivity index (χ0v) is 10.1. The third-order valence-corrected chi connectivity index (χ3v) is 3.30. The van der Waals surface area contributed by atoms with E-state index in [-0.39, 0.29) is 5.91 Å². The molecule has 1 amide bonds. The molecule has 2 rings (SSSR count). The van der Waals surface area contributed by atoms with Gasteiger partial charge in [-0.15, -0.1) is 0 Å². The first-order valence-electron chi connectivity index (χ1n) is 6.14. The molecule has 1 fully saturated rings. The summed E-state index contributed by atoms with van der Waals surface area (Å²) in [5, 5.41) is 2.92. The van der Waals surface area contributed by atoms with Crippen LogP contribution >= 0.6 is 0 Å². The number of rotatable bonds is 5. The maximum atomic E-state index is 11.8. The molecule has 0 aliphatic heterocycles. The van der Waals surface area contributed by atoms with Crippen molar-refractivity contribution in [1.29, 1.82) is 0 Å². The van der Waals surface area contributed by atoms with Gasteiger partial charge in [-0.05, 0) is 36.3 Å². The minimum atomic E-state index is -0.0962. The van der Waals surface area contributed by atoms with Gasteiger partial charge >= 0.3 is 0 Å². The van der Waals surface area contributed by atoms with Gasteiger partial charge in [0.15, 0.2) is 0 Å². The largest absolute Gasteiger partial charge is 0.350 e. The van der Waals surface area contributed by atoms with Crippen molar-refractivity contribution in [2.45, 2.75) is 26.3 Å². The molecule has 1 aliphatic carbocycles. The van der Waals surface area contributed by atoms with Gasteiger partial charge in [0, 0.05) is 19.3 Å². The van der Waals surface area contributed by atoms with Crippen molar-refractivity contribution in [3.8, 4) is 0 Å². The molecule has 0 radical (unpaired) electrons. The van der Waals surface area contributed by atoms with E-state index in [0.29, 0.717) is 18.2 Å². The number of aromatic nitrogens is 1. The summed E-state index contributed by atoms with van der Waals surface area (Å²) in [7, 11) is 0. The molecule has 1 heterocycles. The first-order chi connectivity index (χ1) is 8.20. The Morgan fingerprint density at radius 1 is 1.59 bits per heavy atom. The lowest BCUT2D eigenvalue weighted by atomic mass is 10.1. The summed E-state index contributed by atoms with van der Waals surface area (Å²) < 4.78 is 0. The van der Waals surface area contributed by atoms with Gasteiger partial charge in [0.05, 0.1) is 0 Å². The summed E-state index contributed by atoms with van der Waals surface area (Å²) in [6, 6.07) is 3.56. The fraction of sp³-hybridized carbons (Fsp3) is 0.538. The molecule has 4 heteroatoms. The van der Waals surface area contributed by atoms with E-state index in [1.807, 2.05) is 6.07 Å². The maximum Gasteiger partial charge on any atom is 0.269 e. The van der Waals surface area contributed by atoms with Crippen LogP contribution in [0, 0.1) is 11.8 Å². The van der Waals surface area contributed by atoms with E-state index in [0.717, 1.165) is 18.0 Å². The van der Waals surface area contributed by atoms with Gasteiger partial charge in [-0.25, -0.2) is 0 Å². The quantitative estimate of drug-likeness (QED) is 0.806. The van der Waals surface area contributed by atoms with Crippen LogP contribution in [0.2, 0.25) is 0 Å². The molecule has 1 unspecified atom stereocenters. The van der Waals surface area contributed by atoms with E-state index in [1.165, 1.54) is 12.8 Å². The van der Waals surface area contributed by atoms with Crippen LogP contribution in [0.5, 0.6) is 0 Å². The van der Waals surface area contributed by atoms with Crippen LogP contribution in [0.1, 0.15) is 35.8 Å². The average molecular weight is 233 g/mol. The number of nitrogens with zero attached hydrogens (tertiary/aromatic N) is 1. The van der Waals surface area contributed by atoms with Crippen LogP contribution in [0.15, 0.2) is 18.3 Å². The molecule has 4 nitrogen and oxygen atoms in total. The number of carbonyl (C=O) groups excluding carboxylic acids is 1. The smallest absolute Gasteiger partial charge is 0.269 e. The van der Waals surface area contributed by atoms with E-state index in [1.54, 1.807) is 12.3 Å². The summed E-state index contributed by atoms with van der Waals surface area (Å²) in [5.41, 5.74) is 6.88. The van der Waals surface area contributed by atoms with E-state index in [2.05, 4.69) is 17.2 Å². The molecule has 0 bridgehead atoms. The Kier molecular flexibility index (Phi) is 3.74. The van der Waals surface area contributed by atoms with E-state index in [4.69, 9.17) is 5.73 Å². The highest BCUT2D eigenvalue weighted by molar-refractivity contribution is 5.92. The number of carbonyl (C=O) groups is 1. The normalized spacial score (nSPS) is 16.6. The van der Waals surface area contributed by atoms with Crippen molar-refractivity contribution in [2.75, 3.05) is 6.54 Å². The SMILES string of the molecule is CC(CNC(=O)c1ccc(CN)cn1)C1CC1.